The highest BCUT2D eigenvalue weighted by atomic mass is 79.9. The highest BCUT2D eigenvalue weighted by Gasteiger charge is 2.27. The second kappa shape index (κ2) is 9.51. The first-order valence-electron chi connectivity index (χ1n) is 8.78. The normalized spacial score (nSPS) is 11.0. The maximum Gasteiger partial charge on any atom is 0.264 e. The molecule has 0 saturated carbocycles. The predicted octanol–water partition coefficient (Wildman–Crippen LogP) is 4.95. The molecule has 9 heteroatoms. The lowest BCUT2D eigenvalue weighted by Crippen LogP contribution is -2.38. The Hall–Kier alpha value is -2.55. The summed E-state index contributed by atoms with van der Waals surface area (Å²) < 4.78 is 33.6. The minimum atomic E-state index is -3.98. The van der Waals surface area contributed by atoms with E-state index >= 15 is 0 Å². The van der Waals surface area contributed by atoms with E-state index in [1.807, 2.05) is 0 Å². The van der Waals surface area contributed by atoms with Gasteiger partial charge in [0.15, 0.2) is 0 Å². The second-order valence-corrected chi connectivity index (χ2v) is 9.41. The van der Waals surface area contributed by atoms with Crippen molar-refractivity contribution in [1.29, 1.82) is 0 Å². The smallest absolute Gasteiger partial charge is 0.264 e. The number of ether oxygens (including phenoxy) is 1. The van der Waals surface area contributed by atoms with Crippen molar-refractivity contribution in [1.82, 2.24) is 0 Å². The number of hydrogen-bond donors (Lipinski definition) is 1. The van der Waals surface area contributed by atoms with Crippen LogP contribution in [0.5, 0.6) is 5.75 Å². The zero-order chi connectivity index (χ0) is 21.7. The number of benzene rings is 3. The van der Waals surface area contributed by atoms with E-state index in [1.54, 1.807) is 54.6 Å². The summed E-state index contributed by atoms with van der Waals surface area (Å²) in [7, 11) is -2.51. The maximum atomic E-state index is 13.3. The van der Waals surface area contributed by atoms with E-state index in [9.17, 15) is 13.2 Å². The first-order chi connectivity index (χ1) is 14.3. The topological polar surface area (TPSA) is 75.7 Å². The molecule has 0 aliphatic heterocycles. The molecular weight excluding hydrogens is 492 g/mol. The van der Waals surface area contributed by atoms with E-state index in [0.29, 0.717) is 22.1 Å². The molecule has 0 aliphatic carbocycles. The summed E-state index contributed by atoms with van der Waals surface area (Å²) in [4.78, 5) is 12.9. The molecule has 1 N–H and O–H groups in total. The van der Waals surface area contributed by atoms with Gasteiger partial charge in [0, 0.05) is 9.50 Å². The summed E-state index contributed by atoms with van der Waals surface area (Å²) in [5.74, 6) is -0.133. The number of amides is 1. The minimum Gasteiger partial charge on any atom is -0.495 e. The number of halogens is 2. The minimum absolute atomic E-state index is 0.0843. The molecule has 3 aromatic carbocycles. The first kappa shape index (κ1) is 22.1. The van der Waals surface area contributed by atoms with Gasteiger partial charge in [0.2, 0.25) is 5.91 Å². The van der Waals surface area contributed by atoms with E-state index in [0.717, 1.165) is 8.78 Å². The van der Waals surface area contributed by atoms with Gasteiger partial charge in [-0.3, -0.25) is 9.10 Å². The summed E-state index contributed by atoms with van der Waals surface area (Å²) in [5, 5.41) is 3.08. The average molecular weight is 510 g/mol. The van der Waals surface area contributed by atoms with Gasteiger partial charge >= 0.3 is 0 Å². The Labute approximate surface area is 188 Å². The summed E-state index contributed by atoms with van der Waals surface area (Å²) in [6.45, 7) is -0.436. The van der Waals surface area contributed by atoms with E-state index in [2.05, 4.69) is 21.2 Å². The molecule has 0 bridgehead atoms. The van der Waals surface area contributed by atoms with Crippen LogP contribution in [0, 0.1) is 0 Å². The molecule has 1 amide bonds. The van der Waals surface area contributed by atoms with Crippen LogP contribution in [0.4, 0.5) is 11.4 Å². The fraction of sp³-hybridized carbons (Fsp3) is 0.0952. The van der Waals surface area contributed by atoms with Crippen molar-refractivity contribution in [3.8, 4) is 5.75 Å². The number of nitrogens with one attached hydrogen (secondary N) is 1. The SMILES string of the molecule is COc1ccc(Cl)cc1NC(=O)CN(c1ccc(Br)cc1)S(=O)(=O)c1ccccc1. The van der Waals surface area contributed by atoms with Gasteiger partial charge in [-0.25, -0.2) is 8.42 Å². The van der Waals surface area contributed by atoms with Crippen LogP contribution >= 0.6 is 27.5 Å². The van der Waals surface area contributed by atoms with Crippen LogP contribution < -0.4 is 14.4 Å². The Morgan fingerprint density at radius 1 is 1.07 bits per heavy atom. The summed E-state index contributed by atoms with van der Waals surface area (Å²) in [6, 6.07) is 19.4. The number of nitrogens with zero attached hydrogens (tertiary/aromatic N) is 1. The number of sulfonamides is 1. The maximum absolute atomic E-state index is 13.3. The Morgan fingerprint density at radius 3 is 2.37 bits per heavy atom. The second-order valence-electron chi connectivity index (χ2n) is 6.19. The molecule has 0 aliphatic rings. The van der Waals surface area contributed by atoms with Gasteiger partial charge in [-0.05, 0) is 54.6 Å². The zero-order valence-corrected chi connectivity index (χ0v) is 19.0. The summed E-state index contributed by atoms with van der Waals surface area (Å²) in [6.07, 6.45) is 0. The summed E-state index contributed by atoms with van der Waals surface area (Å²) >= 11 is 9.34. The van der Waals surface area contributed by atoms with Gasteiger partial charge in [-0.2, -0.15) is 0 Å². The molecule has 3 aromatic rings. The van der Waals surface area contributed by atoms with Gasteiger partial charge in [0.25, 0.3) is 10.0 Å². The molecule has 0 saturated heterocycles. The molecule has 3 rings (SSSR count). The van der Waals surface area contributed by atoms with E-state index < -0.39 is 22.5 Å². The molecule has 0 aromatic heterocycles. The number of carbonyl (C=O) groups is 1. The van der Waals surface area contributed by atoms with Crippen LogP contribution in [-0.4, -0.2) is 28.0 Å². The van der Waals surface area contributed by atoms with Crippen LogP contribution in [0.3, 0.4) is 0 Å². The highest BCUT2D eigenvalue weighted by molar-refractivity contribution is 9.10. The standard InChI is InChI=1S/C21H18BrClN2O4S/c1-29-20-12-9-16(23)13-19(20)24-21(26)14-25(17-10-7-15(22)8-11-17)30(27,28)18-5-3-2-4-6-18/h2-13H,14H2,1H3,(H,24,26). The molecule has 0 atom stereocenters. The fourth-order valence-electron chi connectivity index (χ4n) is 2.74. The third-order valence-corrected chi connectivity index (χ3v) is 6.72. The molecule has 0 spiro atoms. The van der Waals surface area contributed by atoms with E-state index in [1.165, 1.54) is 25.3 Å². The highest BCUT2D eigenvalue weighted by Crippen LogP contribution is 2.29. The number of rotatable bonds is 7. The largest absolute Gasteiger partial charge is 0.495 e. The Kier molecular flexibility index (Phi) is 7.02. The van der Waals surface area contributed by atoms with Crippen LogP contribution in [-0.2, 0) is 14.8 Å². The molecule has 6 nitrogen and oxygen atoms in total. The molecule has 0 unspecified atom stereocenters. The van der Waals surface area contributed by atoms with Crippen molar-refractivity contribution in [3.63, 3.8) is 0 Å². The summed E-state index contributed by atoms with van der Waals surface area (Å²) in [5.41, 5.74) is 0.707. The van der Waals surface area contributed by atoms with Gasteiger partial charge in [-0.15, -0.1) is 0 Å². The van der Waals surface area contributed by atoms with Crippen molar-refractivity contribution >= 4 is 54.8 Å². The third kappa shape index (κ3) is 5.13. The van der Waals surface area contributed by atoms with Crippen LogP contribution in [0.15, 0.2) is 82.2 Å². The van der Waals surface area contributed by atoms with Crippen LogP contribution in [0.25, 0.3) is 0 Å². The quantitative estimate of drug-likeness (QED) is 0.489. The Balaban J connectivity index is 1.94. The molecule has 0 fully saturated rings. The lowest BCUT2D eigenvalue weighted by molar-refractivity contribution is -0.114. The van der Waals surface area contributed by atoms with Crippen molar-refractivity contribution in [3.05, 3.63) is 82.3 Å². The number of anilines is 2. The van der Waals surface area contributed by atoms with Crippen LogP contribution in [0.1, 0.15) is 0 Å². The number of methoxy groups -OCH3 is 1. The molecule has 156 valence electrons. The fourth-order valence-corrected chi connectivity index (χ4v) is 4.62. The molecule has 30 heavy (non-hydrogen) atoms. The van der Waals surface area contributed by atoms with Crippen molar-refractivity contribution in [2.24, 2.45) is 0 Å². The lowest BCUT2D eigenvalue weighted by Gasteiger charge is -2.24. The van der Waals surface area contributed by atoms with Gasteiger partial charge < -0.3 is 10.1 Å². The van der Waals surface area contributed by atoms with E-state index in [-0.39, 0.29) is 4.90 Å². The monoisotopic (exact) mass is 508 g/mol. The Morgan fingerprint density at radius 2 is 1.73 bits per heavy atom. The van der Waals surface area contributed by atoms with Gasteiger partial charge in [0.1, 0.15) is 12.3 Å². The van der Waals surface area contributed by atoms with Crippen molar-refractivity contribution in [2.45, 2.75) is 4.90 Å². The van der Waals surface area contributed by atoms with E-state index in [4.69, 9.17) is 16.3 Å². The molecule has 0 radical (unpaired) electrons. The Bertz CT molecular complexity index is 1140. The van der Waals surface area contributed by atoms with Crippen LogP contribution in [0.2, 0.25) is 5.02 Å². The molecular formula is C21H18BrClN2O4S. The van der Waals surface area contributed by atoms with Gasteiger partial charge in [0.05, 0.1) is 23.4 Å². The van der Waals surface area contributed by atoms with Crippen molar-refractivity contribution in [2.75, 3.05) is 23.3 Å². The predicted molar refractivity (Wildman–Crippen MR) is 122 cm³/mol. The molecule has 0 heterocycles. The zero-order valence-electron chi connectivity index (χ0n) is 15.9. The average Bonchev–Trinajstić information content (AvgIpc) is 2.73. The third-order valence-electron chi connectivity index (χ3n) is 4.17. The van der Waals surface area contributed by atoms with Crippen molar-refractivity contribution < 1.29 is 17.9 Å². The first-order valence-corrected chi connectivity index (χ1v) is 11.4. The number of carbonyl (C=O) groups excluding carboxylic acids is 1. The number of hydrogen-bond acceptors (Lipinski definition) is 4. The lowest BCUT2D eigenvalue weighted by atomic mass is 10.3. The van der Waals surface area contributed by atoms with Gasteiger partial charge in [-0.1, -0.05) is 45.7 Å².